The molecular weight excluding hydrogens is 162 g/mol. The van der Waals surface area contributed by atoms with Crippen LogP contribution in [0.2, 0.25) is 0 Å². The number of nitrogens with zero attached hydrogens (tertiary/aromatic N) is 3. The number of fused-ring (bicyclic) bond motifs is 1. The second-order valence-electron chi connectivity index (χ2n) is 2.28. The molecule has 1 N–H and O–H groups in total. The fraction of sp³-hybridized carbons (Fsp3) is 0.167. The third-order valence-electron chi connectivity index (χ3n) is 1.55. The van der Waals surface area contributed by atoms with Gasteiger partial charge >= 0.3 is 11.8 Å². The summed E-state index contributed by atoms with van der Waals surface area (Å²) in [4.78, 5) is 14.2. The fourth-order valence-electron chi connectivity index (χ4n) is 0.990. The molecule has 0 aliphatic rings. The van der Waals surface area contributed by atoms with Gasteiger partial charge in [0.25, 0.3) is 0 Å². The normalized spacial score (nSPS) is 10.8. The van der Waals surface area contributed by atoms with Crippen LogP contribution < -0.4 is 0 Å². The van der Waals surface area contributed by atoms with Gasteiger partial charge in [0, 0.05) is 0 Å². The molecule has 12 heavy (non-hydrogen) atoms. The van der Waals surface area contributed by atoms with Gasteiger partial charge in [0.1, 0.15) is 6.33 Å². The predicted octanol–water partition coefficient (Wildman–Crippen LogP) is 0.329. The third-order valence-corrected chi connectivity index (χ3v) is 1.55. The third kappa shape index (κ3) is 0.714. The number of hydrogen-bond donors (Lipinski definition) is 1. The van der Waals surface area contributed by atoms with Crippen LogP contribution in [0.4, 0.5) is 0 Å². The summed E-state index contributed by atoms with van der Waals surface area (Å²) in [6.45, 7) is 1.61. The van der Waals surface area contributed by atoms with E-state index >= 15 is 0 Å². The van der Waals surface area contributed by atoms with Crippen LogP contribution in [0.1, 0.15) is 16.2 Å². The molecule has 0 aromatic carbocycles. The first-order chi connectivity index (χ1) is 5.70. The number of oxazole rings is 1. The minimum Gasteiger partial charge on any atom is -0.475 e. The van der Waals surface area contributed by atoms with Gasteiger partial charge in [0.2, 0.25) is 5.76 Å². The fourth-order valence-corrected chi connectivity index (χ4v) is 0.990. The van der Waals surface area contributed by atoms with E-state index in [1.54, 1.807) is 6.92 Å². The average molecular weight is 167 g/mol. The molecule has 0 saturated carbocycles. The maximum atomic E-state index is 10.5. The Hall–Kier alpha value is -1.85. The lowest BCUT2D eigenvalue weighted by molar-refractivity contribution is 0.0663. The quantitative estimate of drug-likeness (QED) is 0.661. The molecule has 0 aliphatic heterocycles. The van der Waals surface area contributed by atoms with Crippen molar-refractivity contribution in [2.75, 3.05) is 0 Å². The summed E-state index contributed by atoms with van der Waals surface area (Å²) in [6, 6.07) is 0. The Morgan fingerprint density at radius 2 is 2.50 bits per heavy atom. The van der Waals surface area contributed by atoms with Crippen LogP contribution >= 0.6 is 0 Å². The summed E-state index contributed by atoms with van der Waals surface area (Å²) in [5, 5.41) is 12.4. The highest BCUT2D eigenvalue weighted by molar-refractivity contribution is 5.86. The molecular formula is C6H5N3O3. The molecule has 2 heterocycles. The van der Waals surface area contributed by atoms with Crippen molar-refractivity contribution in [2.45, 2.75) is 6.92 Å². The molecule has 2 aromatic rings. The van der Waals surface area contributed by atoms with Crippen LogP contribution in [-0.4, -0.2) is 25.7 Å². The molecule has 0 radical (unpaired) electrons. The Bertz CT molecular complexity index is 442. The summed E-state index contributed by atoms with van der Waals surface area (Å²) >= 11 is 0. The van der Waals surface area contributed by atoms with Crippen molar-refractivity contribution < 1.29 is 14.3 Å². The minimum atomic E-state index is -1.11. The van der Waals surface area contributed by atoms with Crippen LogP contribution in [0.3, 0.4) is 0 Å². The van der Waals surface area contributed by atoms with Gasteiger partial charge in [-0.1, -0.05) is 0 Å². The molecule has 0 saturated heterocycles. The van der Waals surface area contributed by atoms with Gasteiger partial charge in [-0.05, 0) is 6.92 Å². The highest BCUT2D eigenvalue weighted by Gasteiger charge is 2.17. The van der Waals surface area contributed by atoms with Gasteiger partial charge in [-0.25, -0.2) is 4.79 Å². The van der Waals surface area contributed by atoms with E-state index < -0.39 is 5.97 Å². The summed E-state index contributed by atoms with van der Waals surface area (Å²) < 4.78 is 6.23. The number of carbonyl (C=O) groups is 1. The van der Waals surface area contributed by atoms with Crippen LogP contribution in [0.25, 0.3) is 5.84 Å². The molecule has 0 amide bonds. The Morgan fingerprint density at radius 3 is 3.08 bits per heavy atom. The Morgan fingerprint density at radius 1 is 1.75 bits per heavy atom. The Balaban J connectivity index is 2.78. The highest BCUT2D eigenvalue weighted by atomic mass is 16.4. The van der Waals surface area contributed by atoms with Gasteiger partial charge in [-0.3, -0.25) is 0 Å². The second-order valence-corrected chi connectivity index (χ2v) is 2.28. The van der Waals surface area contributed by atoms with Crippen LogP contribution in [0.15, 0.2) is 10.7 Å². The maximum absolute atomic E-state index is 10.5. The second kappa shape index (κ2) is 2.07. The van der Waals surface area contributed by atoms with E-state index in [1.807, 2.05) is 0 Å². The molecule has 2 aromatic heterocycles. The van der Waals surface area contributed by atoms with Crippen molar-refractivity contribution >= 4 is 11.8 Å². The number of rotatable bonds is 1. The van der Waals surface area contributed by atoms with Crippen LogP contribution in [0, 0.1) is 6.92 Å². The van der Waals surface area contributed by atoms with Gasteiger partial charge in [0.05, 0.1) is 5.69 Å². The average Bonchev–Trinajstić information content (AvgIpc) is 2.53. The van der Waals surface area contributed by atoms with Crippen LogP contribution in [0.5, 0.6) is 0 Å². The van der Waals surface area contributed by atoms with E-state index in [-0.39, 0.29) is 11.6 Å². The summed E-state index contributed by atoms with van der Waals surface area (Å²) in [7, 11) is 0. The largest absolute Gasteiger partial charge is 0.475 e. The molecule has 6 heteroatoms. The van der Waals surface area contributed by atoms with E-state index in [0.717, 1.165) is 0 Å². The van der Waals surface area contributed by atoms with Crippen molar-refractivity contribution in [3.05, 3.63) is 17.8 Å². The van der Waals surface area contributed by atoms with E-state index in [4.69, 9.17) is 9.52 Å². The Labute approximate surface area is 66.4 Å². The lowest BCUT2D eigenvalue weighted by atomic mass is 10.4. The smallest absolute Gasteiger partial charge is 0.373 e. The first-order valence-electron chi connectivity index (χ1n) is 3.22. The lowest BCUT2D eigenvalue weighted by Gasteiger charge is -1.86. The zero-order chi connectivity index (χ0) is 8.72. The maximum Gasteiger partial charge on any atom is 0.373 e. The number of aryl methyl sites for hydroxylation is 1. The zero-order valence-electron chi connectivity index (χ0n) is 6.18. The zero-order valence-corrected chi connectivity index (χ0v) is 6.18. The van der Waals surface area contributed by atoms with Gasteiger partial charge in [-0.15, -0.1) is 0 Å². The first kappa shape index (κ1) is 6.84. The first-order valence-corrected chi connectivity index (χ1v) is 3.22. The van der Waals surface area contributed by atoms with E-state index in [1.165, 1.54) is 10.8 Å². The van der Waals surface area contributed by atoms with Crippen LogP contribution in [-0.2, 0) is 0 Å². The van der Waals surface area contributed by atoms with Gasteiger partial charge < -0.3 is 9.52 Å². The van der Waals surface area contributed by atoms with Crippen molar-refractivity contribution in [3.63, 3.8) is 0 Å². The molecule has 0 unspecified atom stereocenters. The number of aromatic nitrogens is 3. The molecule has 6 nitrogen and oxygen atoms in total. The van der Waals surface area contributed by atoms with E-state index in [0.29, 0.717) is 5.69 Å². The molecule has 0 atom stereocenters. The topological polar surface area (TPSA) is 80.6 Å². The molecule has 62 valence electrons. The van der Waals surface area contributed by atoms with Gasteiger partial charge in [-0.2, -0.15) is 14.6 Å². The monoisotopic (exact) mass is 167 g/mol. The number of aromatic carboxylic acids is 1. The highest BCUT2D eigenvalue weighted by Crippen LogP contribution is 2.12. The number of carboxylic acid groups (broad SMARTS) is 1. The van der Waals surface area contributed by atoms with Crippen molar-refractivity contribution in [2.24, 2.45) is 0 Å². The molecule has 0 aliphatic carbocycles. The minimum absolute atomic E-state index is 0.120. The van der Waals surface area contributed by atoms with Gasteiger partial charge in [0.15, 0.2) is 0 Å². The molecule has 0 spiro atoms. The SMILES string of the molecule is Cc1c(C(=O)O)oc2ncnn12. The Kier molecular flexibility index (Phi) is 1.18. The van der Waals surface area contributed by atoms with E-state index in [9.17, 15) is 4.79 Å². The van der Waals surface area contributed by atoms with Crippen molar-refractivity contribution in [1.82, 2.24) is 14.6 Å². The number of hydrogen-bond acceptors (Lipinski definition) is 4. The van der Waals surface area contributed by atoms with Crippen molar-refractivity contribution in [1.29, 1.82) is 0 Å². The lowest BCUT2D eigenvalue weighted by Crippen LogP contribution is -1.98. The molecule has 0 bridgehead atoms. The number of carboxylic acids is 1. The van der Waals surface area contributed by atoms with E-state index in [2.05, 4.69) is 10.1 Å². The summed E-state index contributed by atoms with van der Waals surface area (Å²) in [5.41, 5.74) is 0.440. The molecule has 0 fully saturated rings. The molecule has 2 rings (SSSR count). The predicted molar refractivity (Wildman–Crippen MR) is 36.9 cm³/mol. The summed E-state index contributed by atoms with van der Waals surface area (Å²) in [5.74, 6) is -1.03. The summed E-state index contributed by atoms with van der Waals surface area (Å²) in [6.07, 6.45) is 1.30. The standard InChI is InChI=1S/C6H5N3O3/c1-3-4(5(10)11)12-6-7-2-8-9(3)6/h2H,1H3,(H,10,11). The van der Waals surface area contributed by atoms with Crippen molar-refractivity contribution in [3.8, 4) is 0 Å².